The Labute approximate surface area is 118 Å². The molecule has 6 heteroatoms. The summed E-state index contributed by atoms with van der Waals surface area (Å²) >= 11 is 6.17. The molecule has 0 saturated carbocycles. The SMILES string of the molecule is O=c1[nH]ncc(Br)c1Br.[H-].[K+]. The maximum absolute atomic E-state index is 10.6. The van der Waals surface area contributed by atoms with E-state index >= 15 is 0 Å². The van der Waals surface area contributed by atoms with Gasteiger partial charge in [0.05, 0.1) is 15.1 Å². The number of halogens is 2. The van der Waals surface area contributed by atoms with Crippen LogP contribution in [-0.2, 0) is 0 Å². The van der Waals surface area contributed by atoms with Gasteiger partial charge in [0, 0.05) is 0 Å². The molecular formula is C4H3Br2KN2O. The smallest absolute Gasteiger partial charge is 1.00 e. The standard InChI is InChI=1S/C4H2Br2N2O.K.H/c5-2-1-7-8-4(9)3(2)6;;/h1H,(H,8,9);;/q;+1;-1. The fourth-order valence-corrected chi connectivity index (χ4v) is 0.835. The molecule has 1 aromatic rings. The topological polar surface area (TPSA) is 45.8 Å². The third-order valence-electron chi connectivity index (χ3n) is 0.753. The molecule has 0 bridgehead atoms. The molecule has 0 radical (unpaired) electrons. The average Bonchev–Trinajstić information content (AvgIpc) is 1.83. The van der Waals surface area contributed by atoms with Crippen LogP contribution >= 0.6 is 31.9 Å². The van der Waals surface area contributed by atoms with Gasteiger partial charge in [-0.05, 0) is 31.9 Å². The van der Waals surface area contributed by atoms with E-state index in [1.807, 2.05) is 0 Å². The summed E-state index contributed by atoms with van der Waals surface area (Å²) in [4.78, 5) is 10.6. The number of aromatic nitrogens is 2. The second-order valence-corrected chi connectivity index (χ2v) is 3.01. The molecule has 1 rings (SSSR count). The zero-order chi connectivity index (χ0) is 6.85. The first-order valence-electron chi connectivity index (χ1n) is 2.10. The molecule has 0 aliphatic heterocycles. The van der Waals surface area contributed by atoms with Crippen molar-refractivity contribution in [2.45, 2.75) is 0 Å². The molecule has 10 heavy (non-hydrogen) atoms. The number of H-pyrrole nitrogens is 1. The van der Waals surface area contributed by atoms with Gasteiger partial charge in [0.1, 0.15) is 0 Å². The largest absolute Gasteiger partial charge is 1.00 e. The molecule has 1 heterocycles. The van der Waals surface area contributed by atoms with E-state index in [-0.39, 0.29) is 58.4 Å². The van der Waals surface area contributed by atoms with Crippen LogP contribution in [0.15, 0.2) is 19.9 Å². The van der Waals surface area contributed by atoms with Crippen molar-refractivity contribution < 1.29 is 52.8 Å². The van der Waals surface area contributed by atoms with Gasteiger partial charge in [-0.25, -0.2) is 5.10 Å². The number of rotatable bonds is 0. The van der Waals surface area contributed by atoms with E-state index in [0.717, 1.165) is 0 Å². The van der Waals surface area contributed by atoms with Crippen LogP contribution in [0.1, 0.15) is 1.43 Å². The zero-order valence-electron chi connectivity index (χ0n) is 6.19. The molecule has 3 nitrogen and oxygen atoms in total. The average molecular weight is 294 g/mol. The van der Waals surface area contributed by atoms with Gasteiger partial charge in [-0.15, -0.1) is 0 Å². The normalized spacial score (nSPS) is 8.60. The van der Waals surface area contributed by atoms with Crippen LogP contribution in [0.25, 0.3) is 0 Å². The Morgan fingerprint density at radius 1 is 1.60 bits per heavy atom. The van der Waals surface area contributed by atoms with E-state index in [0.29, 0.717) is 8.95 Å². The number of hydrogen-bond donors (Lipinski definition) is 1. The predicted molar refractivity (Wildman–Crippen MR) is 41.4 cm³/mol. The Morgan fingerprint density at radius 3 is 2.60 bits per heavy atom. The van der Waals surface area contributed by atoms with Crippen molar-refractivity contribution in [3.8, 4) is 0 Å². The van der Waals surface area contributed by atoms with Crippen molar-refractivity contribution in [2.24, 2.45) is 0 Å². The third-order valence-corrected chi connectivity index (χ3v) is 2.67. The van der Waals surface area contributed by atoms with Gasteiger partial charge in [-0.3, -0.25) is 4.79 Å². The molecule has 0 fully saturated rings. The summed E-state index contributed by atoms with van der Waals surface area (Å²) < 4.78 is 1.13. The summed E-state index contributed by atoms with van der Waals surface area (Å²) in [5.41, 5.74) is -0.232. The Kier molecular flexibility index (Phi) is 5.95. The summed E-state index contributed by atoms with van der Waals surface area (Å²) in [7, 11) is 0. The first-order chi connectivity index (χ1) is 4.22. The Balaban J connectivity index is 0. The molecule has 1 aromatic heterocycles. The predicted octanol–water partition coefficient (Wildman–Crippen LogP) is -1.59. The maximum Gasteiger partial charge on any atom is 1.00 e. The summed E-state index contributed by atoms with van der Waals surface area (Å²) in [6.07, 6.45) is 1.51. The molecule has 0 amide bonds. The minimum absolute atomic E-state index is 0. The van der Waals surface area contributed by atoms with Crippen molar-refractivity contribution >= 4 is 31.9 Å². The monoisotopic (exact) mass is 292 g/mol. The van der Waals surface area contributed by atoms with Gasteiger partial charge in [0.25, 0.3) is 5.56 Å². The van der Waals surface area contributed by atoms with Crippen LogP contribution in [0.4, 0.5) is 0 Å². The molecule has 0 saturated heterocycles. The van der Waals surface area contributed by atoms with Crippen LogP contribution in [-0.4, -0.2) is 10.2 Å². The second-order valence-electron chi connectivity index (χ2n) is 1.36. The van der Waals surface area contributed by atoms with Crippen LogP contribution in [0.5, 0.6) is 0 Å². The van der Waals surface area contributed by atoms with Crippen molar-refractivity contribution in [2.75, 3.05) is 0 Å². The van der Waals surface area contributed by atoms with Gasteiger partial charge in [0.15, 0.2) is 0 Å². The molecule has 0 spiro atoms. The van der Waals surface area contributed by atoms with Crippen molar-refractivity contribution in [1.29, 1.82) is 0 Å². The van der Waals surface area contributed by atoms with Crippen molar-refractivity contribution in [3.05, 3.63) is 25.5 Å². The zero-order valence-corrected chi connectivity index (χ0v) is 11.5. The Hall–Kier alpha value is 1.48. The molecule has 1 N–H and O–H groups in total. The van der Waals surface area contributed by atoms with E-state index in [2.05, 4.69) is 42.1 Å². The first kappa shape index (κ1) is 11.5. The molecule has 50 valence electrons. The number of nitrogens with one attached hydrogen (secondary N) is 1. The van der Waals surface area contributed by atoms with E-state index in [4.69, 9.17) is 0 Å². The summed E-state index contributed by atoms with van der Waals surface area (Å²) in [6.45, 7) is 0. The molecular weight excluding hydrogens is 291 g/mol. The first-order valence-corrected chi connectivity index (χ1v) is 3.69. The van der Waals surface area contributed by atoms with Crippen molar-refractivity contribution in [1.82, 2.24) is 10.2 Å². The number of aromatic amines is 1. The second kappa shape index (κ2) is 5.18. The van der Waals surface area contributed by atoms with E-state index in [1.54, 1.807) is 0 Å². The summed E-state index contributed by atoms with van der Waals surface area (Å²) in [6, 6.07) is 0. The molecule has 0 aromatic carbocycles. The molecule has 0 unspecified atom stereocenters. The van der Waals surface area contributed by atoms with Gasteiger partial charge < -0.3 is 1.43 Å². The van der Waals surface area contributed by atoms with Crippen LogP contribution in [0.3, 0.4) is 0 Å². The number of hydrogen-bond acceptors (Lipinski definition) is 2. The maximum atomic E-state index is 10.6. The fraction of sp³-hybridized carbons (Fsp3) is 0. The fourth-order valence-electron chi connectivity index (χ4n) is 0.362. The quantitative estimate of drug-likeness (QED) is 0.587. The van der Waals surface area contributed by atoms with Gasteiger partial charge in [-0.1, -0.05) is 0 Å². The van der Waals surface area contributed by atoms with Gasteiger partial charge in [-0.2, -0.15) is 5.10 Å². The molecule has 0 atom stereocenters. The van der Waals surface area contributed by atoms with Crippen LogP contribution in [0, 0.1) is 0 Å². The van der Waals surface area contributed by atoms with Crippen LogP contribution in [0.2, 0.25) is 0 Å². The Morgan fingerprint density at radius 2 is 2.20 bits per heavy atom. The third kappa shape index (κ3) is 2.84. The minimum Gasteiger partial charge on any atom is -1.00 e. The summed E-state index contributed by atoms with van der Waals surface area (Å²) in [5.74, 6) is 0. The van der Waals surface area contributed by atoms with Gasteiger partial charge in [0.2, 0.25) is 0 Å². The van der Waals surface area contributed by atoms with Gasteiger partial charge >= 0.3 is 51.4 Å². The van der Waals surface area contributed by atoms with Crippen molar-refractivity contribution in [3.63, 3.8) is 0 Å². The molecule has 0 aliphatic carbocycles. The van der Waals surface area contributed by atoms with Crippen LogP contribution < -0.4 is 56.9 Å². The minimum atomic E-state index is -0.232. The van der Waals surface area contributed by atoms with E-state index in [9.17, 15) is 4.79 Å². The van der Waals surface area contributed by atoms with E-state index in [1.165, 1.54) is 6.20 Å². The van der Waals surface area contributed by atoms with E-state index < -0.39 is 0 Å². The Bertz CT molecular complexity index is 279. The summed E-state index contributed by atoms with van der Waals surface area (Å²) in [5, 5.41) is 5.79. The number of nitrogens with zero attached hydrogens (tertiary/aromatic N) is 1. The molecule has 0 aliphatic rings.